The van der Waals surface area contributed by atoms with Gasteiger partial charge in [-0.1, -0.05) is 29.8 Å². The molecule has 0 aliphatic carbocycles. The lowest BCUT2D eigenvalue weighted by Gasteiger charge is -2.15. The van der Waals surface area contributed by atoms with Crippen LogP contribution in [0, 0.1) is 6.92 Å². The molecule has 0 saturated carbocycles. The molecule has 1 saturated heterocycles. The molecule has 1 aliphatic rings. The number of aryl methyl sites for hydroxylation is 2. The first-order valence-electron chi connectivity index (χ1n) is 6.24. The van der Waals surface area contributed by atoms with E-state index < -0.39 is 0 Å². The molecule has 1 aliphatic heterocycles. The second-order valence-electron chi connectivity index (χ2n) is 4.87. The van der Waals surface area contributed by atoms with Crippen LogP contribution in [-0.4, -0.2) is 29.9 Å². The minimum atomic E-state index is 0.179. The van der Waals surface area contributed by atoms with Gasteiger partial charge in [0.25, 0.3) is 0 Å². The van der Waals surface area contributed by atoms with E-state index in [4.69, 9.17) is 5.73 Å². The molecule has 1 aromatic carbocycles. The molecule has 0 spiro atoms. The van der Waals surface area contributed by atoms with Crippen molar-refractivity contribution < 1.29 is 4.79 Å². The van der Waals surface area contributed by atoms with Crippen molar-refractivity contribution in [2.75, 3.05) is 13.1 Å². The Hall–Kier alpha value is -1.35. The molecule has 0 aromatic heterocycles. The SMILES string of the molecule is Cc1ccc(CCC(=O)N2CC[C@H](N)C2)cc1. The summed E-state index contributed by atoms with van der Waals surface area (Å²) < 4.78 is 0. The molecular weight excluding hydrogens is 212 g/mol. The topological polar surface area (TPSA) is 46.3 Å². The van der Waals surface area contributed by atoms with Gasteiger partial charge < -0.3 is 10.6 Å². The number of hydrogen-bond acceptors (Lipinski definition) is 2. The van der Waals surface area contributed by atoms with Crippen LogP contribution in [0.1, 0.15) is 24.0 Å². The summed E-state index contributed by atoms with van der Waals surface area (Å²) in [6.45, 7) is 3.63. The second kappa shape index (κ2) is 5.32. The van der Waals surface area contributed by atoms with E-state index in [9.17, 15) is 4.79 Å². The van der Waals surface area contributed by atoms with Crippen molar-refractivity contribution in [2.45, 2.75) is 32.2 Å². The molecule has 0 radical (unpaired) electrons. The van der Waals surface area contributed by atoms with E-state index in [1.807, 2.05) is 4.90 Å². The van der Waals surface area contributed by atoms with E-state index in [1.54, 1.807) is 0 Å². The van der Waals surface area contributed by atoms with Gasteiger partial charge in [0.05, 0.1) is 0 Å². The van der Waals surface area contributed by atoms with Crippen LogP contribution < -0.4 is 5.73 Å². The lowest BCUT2D eigenvalue weighted by Crippen LogP contribution is -2.31. The van der Waals surface area contributed by atoms with Gasteiger partial charge in [0, 0.05) is 25.6 Å². The van der Waals surface area contributed by atoms with Crippen molar-refractivity contribution in [3.05, 3.63) is 35.4 Å². The number of carbonyl (C=O) groups is 1. The van der Waals surface area contributed by atoms with E-state index in [2.05, 4.69) is 31.2 Å². The Morgan fingerprint density at radius 1 is 1.41 bits per heavy atom. The Labute approximate surface area is 103 Å². The predicted octanol–water partition coefficient (Wildman–Crippen LogP) is 1.49. The Morgan fingerprint density at radius 3 is 2.71 bits per heavy atom. The van der Waals surface area contributed by atoms with Gasteiger partial charge in [-0.2, -0.15) is 0 Å². The number of nitrogens with zero attached hydrogens (tertiary/aromatic N) is 1. The number of hydrogen-bond donors (Lipinski definition) is 1. The Morgan fingerprint density at radius 2 is 2.12 bits per heavy atom. The summed E-state index contributed by atoms with van der Waals surface area (Å²) in [6, 6.07) is 8.55. The highest BCUT2D eigenvalue weighted by Gasteiger charge is 2.22. The molecule has 2 rings (SSSR count). The summed E-state index contributed by atoms with van der Waals surface area (Å²) in [4.78, 5) is 13.8. The summed E-state index contributed by atoms with van der Waals surface area (Å²) in [5.41, 5.74) is 8.28. The van der Waals surface area contributed by atoms with Crippen LogP contribution in [0.3, 0.4) is 0 Å². The van der Waals surface area contributed by atoms with Crippen molar-refractivity contribution in [1.29, 1.82) is 0 Å². The zero-order valence-electron chi connectivity index (χ0n) is 10.4. The summed E-state index contributed by atoms with van der Waals surface area (Å²) in [7, 11) is 0. The fourth-order valence-corrected chi connectivity index (χ4v) is 2.18. The summed E-state index contributed by atoms with van der Waals surface area (Å²) >= 11 is 0. The standard InChI is InChI=1S/C14H20N2O/c1-11-2-4-12(5-3-11)6-7-14(17)16-9-8-13(15)10-16/h2-5,13H,6-10,15H2,1H3/t13-/m0/s1. The highest BCUT2D eigenvalue weighted by molar-refractivity contribution is 5.76. The second-order valence-corrected chi connectivity index (χ2v) is 4.87. The Bertz CT molecular complexity index is 386. The Balaban J connectivity index is 1.82. The summed E-state index contributed by atoms with van der Waals surface area (Å²) in [6.07, 6.45) is 2.36. The fraction of sp³-hybridized carbons (Fsp3) is 0.500. The number of likely N-dealkylation sites (tertiary alicyclic amines) is 1. The van der Waals surface area contributed by atoms with Crippen LogP contribution in [0.4, 0.5) is 0 Å². The molecule has 1 fully saturated rings. The van der Waals surface area contributed by atoms with Gasteiger partial charge in [-0.15, -0.1) is 0 Å². The molecular formula is C14H20N2O. The largest absolute Gasteiger partial charge is 0.341 e. The van der Waals surface area contributed by atoms with Crippen LogP contribution in [-0.2, 0) is 11.2 Å². The van der Waals surface area contributed by atoms with Crippen molar-refractivity contribution >= 4 is 5.91 Å². The van der Waals surface area contributed by atoms with E-state index in [1.165, 1.54) is 11.1 Å². The first kappa shape index (κ1) is 12.1. The molecule has 17 heavy (non-hydrogen) atoms. The highest BCUT2D eigenvalue weighted by Crippen LogP contribution is 2.11. The predicted molar refractivity (Wildman–Crippen MR) is 68.7 cm³/mol. The number of amides is 1. The van der Waals surface area contributed by atoms with Crippen LogP contribution in [0.15, 0.2) is 24.3 Å². The average Bonchev–Trinajstić information content (AvgIpc) is 2.75. The molecule has 0 bridgehead atoms. The number of carbonyl (C=O) groups excluding carboxylic acids is 1. The van der Waals surface area contributed by atoms with Gasteiger partial charge in [0.15, 0.2) is 0 Å². The molecule has 3 heteroatoms. The quantitative estimate of drug-likeness (QED) is 0.858. The van der Waals surface area contributed by atoms with Gasteiger partial charge in [-0.25, -0.2) is 0 Å². The first-order chi connectivity index (χ1) is 8.15. The van der Waals surface area contributed by atoms with Crippen molar-refractivity contribution in [3.63, 3.8) is 0 Å². The maximum Gasteiger partial charge on any atom is 0.222 e. The minimum absolute atomic E-state index is 0.179. The zero-order valence-corrected chi connectivity index (χ0v) is 10.4. The Kier molecular flexibility index (Phi) is 3.79. The number of rotatable bonds is 3. The smallest absolute Gasteiger partial charge is 0.222 e. The third-order valence-electron chi connectivity index (χ3n) is 3.33. The molecule has 92 valence electrons. The van der Waals surface area contributed by atoms with E-state index >= 15 is 0 Å². The van der Waals surface area contributed by atoms with E-state index in [0.717, 1.165) is 25.9 Å². The lowest BCUT2D eigenvalue weighted by atomic mass is 10.1. The number of nitrogens with two attached hydrogens (primary N) is 1. The molecule has 3 nitrogen and oxygen atoms in total. The third-order valence-corrected chi connectivity index (χ3v) is 3.33. The van der Waals surface area contributed by atoms with Crippen molar-refractivity contribution in [3.8, 4) is 0 Å². The van der Waals surface area contributed by atoms with Crippen LogP contribution >= 0.6 is 0 Å². The van der Waals surface area contributed by atoms with E-state index in [-0.39, 0.29) is 11.9 Å². The molecule has 1 aromatic rings. The van der Waals surface area contributed by atoms with Crippen molar-refractivity contribution in [2.24, 2.45) is 5.73 Å². The molecule has 0 unspecified atom stereocenters. The van der Waals surface area contributed by atoms with Gasteiger partial charge in [0.1, 0.15) is 0 Å². The van der Waals surface area contributed by atoms with Gasteiger partial charge in [-0.3, -0.25) is 4.79 Å². The van der Waals surface area contributed by atoms with Gasteiger partial charge in [0.2, 0.25) is 5.91 Å². The van der Waals surface area contributed by atoms with Crippen LogP contribution in [0.25, 0.3) is 0 Å². The normalized spacial score (nSPS) is 19.6. The van der Waals surface area contributed by atoms with Crippen LogP contribution in [0.2, 0.25) is 0 Å². The van der Waals surface area contributed by atoms with E-state index in [0.29, 0.717) is 6.42 Å². The molecule has 1 heterocycles. The third kappa shape index (κ3) is 3.30. The maximum atomic E-state index is 11.9. The average molecular weight is 232 g/mol. The zero-order chi connectivity index (χ0) is 12.3. The number of benzene rings is 1. The maximum absolute atomic E-state index is 11.9. The first-order valence-corrected chi connectivity index (χ1v) is 6.24. The summed E-state index contributed by atoms with van der Waals surface area (Å²) in [5, 5.41) is 0. The fourth-order valence-electron chi connectivity index (χ4n) is 2.18. The molecule has 1 atom stereocenters. The minimum Gasteiger partial charge on any atom is -0.341 e. The lowest BCUT2D eigenvalue weighted by molar-refractivity contribution is -0.130. The van der Waals surface area contributed by atoms with Gasteiger partial charge >= 0.3 is 0 Å². The molecule has 1 amide bonds. The summed E-state index contributed by atoms with van der Waals surface area (Å²) in [5.74, 6) is 0.235. The van der Waals surface area contributed by atoms with Crippen LogP contribution in [0.5, 0.6) is 0 Å². The van der Waals surface area contributed by atoms with Crippen molar-refractivity contribution in [1.82, 2.24) is 4.90 Å². The van der Waals surface area contributed by atoms with Gasteiger partial charge in [-0.05, 0) is 25.3 Å². The molecule has 2 N–H and O–H groups in total. The highest BCUT2D eigenvalue weighted by atomic mass is 16.2. The monoisotopic (exact) mass is 232 g/mol.